The molecule has 4 bridgehead atoms. The molecule has 3 N–H and O–H groups in total. The van der Waals surface area contributed by atoms with Crippen molar-refractivity contribution in [3.63, 3.8) is 0 Å². The zero-order valence-corrected chi connectivity index (χ0v) is 18.4. The van der Waals surface area contributed by atoms with E-state index in [1.165, 1.54) is 0 Å². The zero-order valence-electron chi connectivity index (χ0n) is 18.4. The smallest absolute Gasteiger partial charge is 0.167 e. The van der Waals surface area contributed by atoms with Crippen molar-refractivity contribution in [3.8, 4) is 0 Å². The molecule has 8 atom stereocenters. The van der Waals surface area contributed by atoms with Gasteiger partial charge in [-0.15, -0.1) is 0 Å². The normalized spacial score (nSPS) is 55.7. The Morgan fingerprint density at radius 2 is 2.03 bits per heavy atom. The van der Waals surface area contributed by atoms with Gasteiger partial charge in [0.2, 0.25) is 0 Å². The molecule has 3 saturated heterocycles. The molecular formula is C24H35NO5. The second-order valence-corrected chi connectivity index (χ2v) is 11.2. The van der Waals surface area contributed by atoms with Crippen LogP contribution in [0, 0.1) is 16.7 Å². The number of likely N-dealkylation sites (N-methyl/N-ethyl adjacent to an activating group) is 1. The molecule has 4 aliphatic carbocycles. The highest BCUT2D eigenvalue weighted by atomic mass is 16.7. The molecule has 0 aromatic heterocycles. The maximum absolute atomic E-state index is 11.9. The second-order valence-electron chi connectivity index (χ2n) is 11.2. The monoisotopic (exact) mass is 417 g/mol. The Bertz CT molecular complexity index is 855. The largest absolute Gasteiger partial charge is 0.390 e. The van der Waals surface area contributed by atoms with E-state index in [0.29, 0.717) is 38.2 Å². The van der Waals surface area contributed by atoms with E-state index in [9.17, 15) is 15.3 Å². The highest BCUT2D eigenvalue weighted by Crippen LogP contribution is 2.74. The van der Waals surface area contributed by atoms with E-state index < -0.39 is 34.6 Å². The van der Waals surface area contributed by atoms with Crippen LogP contribution in [0.1, 0.15) is 52.4 Å². The molecule has 0 aromatic carbocycles. The molecule has 6 nitrogen and oxygen atoms in total. The summed E-state index contributed by atoms with van der Waals surface area (Å²) in [5.74, 6) is -0.869. The zero-order chi connectivity index (χ0) is 21.2. The lowest BCUT2D eigenvalue weighted by atomic mass is 9.41. The predicted molar refractivity (Wildman–Crippen MR) is 111 cm³/mol. The van der Waals surface area contributed by atoms with Crippen LogP contribution in [-0.2, 0) is 9.47 Å². The van der Waals surface area contributed by atoms with Crippen LogP contribution < -0.4 is 0 Å². The standard InChI is InChI=1S/C24H35NO5/c1-15(26)17-6-7-23-18-5-4-16-12-22(28)9-8-20(16,2)24(18,30-22)19(27)13-21(17,23)14-25(3)10-11-29-23/h5-6,15-16,19,26-28H,4,7-14H2,1-3H3/t15?,16-,19-,20+,21+,22?,23?,24+/m1/s1. The van der Waals surface area contributed by atoms with Gasteiger partial charge in [-0.1, -0.05) is 19.1 Å². The maximum atomic E-state index is 11.9. The lowest BCUT2D eigenvalue weighted by molar-refractivity contribution is -0.401. The maximum Gasteiger partial charge on any atom is 0.167 e. The minimum Gasteiger partial charge on any atom is -0.390 e. The molecule has 3 heterocycles. The molecule has 6 heteroatoms. The lowest BCUT2D eigenvalue weighted by Crippen LogP contribution is -2.79. The van der Waals surface area contributed by atoms with Gasteiger partial charge in [0.15, 0.2) is 5.79 Å². The van der Waals surface area contributed by atoms with E-state index in [2.05, 4.69) is 31.0 Å². The number of rotatable bonds is 1. The predicted octanol–water partition coefficient (Wildman–Crippen LogP) is 1.74. The molecule has 0 aromatic rings. The van der Waals surface area contributed by atoms with Crippen molar-refractivity contribution in [2.45, 2.75) is 81.6 Å². The molecule has 0 amide bonds. The van der Waals surface area contributed by atoms with Crippen LogP contribution in [0.3, 0.4) is 0 Å². The van der Waals surface area contributed by atoms with E-state index >= 15 is 0 Å². The highest BCUT2D eigenvalue weighted by molar-refractivity contribution is 5.52. The molecule has 166 valence electrons. The highest BCUT2D eigenvalue weighted by Gasteiger charge is 2.79. The first-order chi connectivity index (χ1) is 14.1. The summed E-state index contributed by atoms with van der Waals surface area (Å²) in [6, 6.07) is 0. The minimum absolute atomic E-state index is 0.225. The fourth-order valence-corrected chi connectivity index (χ4v) is 8.63. The quantitative estimate of drug-likeness (QED) is 0.564. The first kappa shape index (κ1) is 19.9. The van der Waals surface area contributed by atoms with E-state index in [4.69, 9.17) is 9.47 Å². The molecule has 7 rings (SSSR count). The van der Waals surface area contributed by atoms with Gasteiger partial charge in [-0.2, -0.15) is 0 Å². The Morgan fingerprint density at radius 3 is 2.80 bits per heavy atom. The van der Waals surface area contributed by atoms with Crippen molar-refractivity contribution < 1.29 is 24.8 Å². The van der Waals surface area contributed by atoms with Crippen molar-refractivity contribution in [3.05, 3.63) is 23.3 Å². The summed E-state index contributed by atoms with van der Waals surface area (Å²) in [5, 5.41) is 33.9. The molecule has 0 radical (unpaired) electrons. The van der Waals surface area contributed by atoms with Crippen LogP contribution >= 0.6 is 0 Å². The van der Waals surface area contributed by atoms with Crippen LogP contribution in [0.5, 0.6) is 0 Å². The fourth-order valence-electron chi connectivity index (χ4n) is 8.63. The van der Waals surface area contributed by atoms with Crippen LogP contribution in [-0.4, -0.2) is 76.2 Å². The third-order valence-corrected chi connectivity index (χ3v) is 9.90. The summed E-state index contributed by atoms with van der Waals surface area (Å²) in [6.07, 6.45) is 7.24. The Kier molecular flexibility index (Phi) is 3.83. The van der Waals surface area contributed by atoms with Gasteiger partial charge in [-0.3, -0.25) is 0 Å². The molecule has 5 fully saturated rings. The second kappa shape index (κ2) is 5.77. The average Bonchev–Trinajstić information content (AvgIpc) is 2.88. The van der Waals surface area contributed by atoms with Crippen LogP contribution in [0.2, 0.25) is 0 Å². The summed E-state index contributed by atoms with van der Waals surface area (Å²) in [7, 11) is 2.09. The Balaban J connectivity index is 1.60. The number of hydrogen-bond donors (Lipinski definition) is 3. The van der Waals surface area contributed by atoms with Crippen molar-refractivity contribution in [2.24, 2.45) is 16.7 Å². The van der Waals surface area contributed by atoms with Crippen molar-refractivity contribution >= 4 is 0 Å². The van der Waals surface area contributed by atoms with E-state index in [0.717, 1.165) is 37.1 Å². The summed E-state index contributed by atoms with van der Waals surface area (Å²) < 4.78 is 13.4. The molecule has 7 aliphatic rings. The van der Waals surface area contributed by atoms with Gasteiger partial charge in [0.25, 0.3) is 0 Å². The third-order valence-electron chi connectivity index (χ3n) is 9.90. The Morgan fingerprint density at radius 1 is 1.23 bits per heavy atom. The SMILES string of the molecule is CC(O)C1=CCC23OCCN(C)C[C@@]12C[C@@H](O)[C@]12OC4(O)CC[C@@]1(C)[C@H](CC=C32)C4. The Hall–Kier alpha value is -0.760. The van der Waals surface area contributed by atoms with Gasteiger partial charge in [0.05, 0.1) is 18.8 Å². The first-order valence-electron chi connectivity index (χ1n) is 11.7. The molecule has 30 heavy (non-hydrogen) atoms. The summed E-state index contributed by atoms with van der Waals surface area (Å²) >= 11 is 0. The lowest BCUT2D eigenvalue weighted by Gasteiger charge is -2.73. The first-order valence-corrected chi connectivity index (χ1v) is 11.7. The summed E-state index contributed by atoms with van der Waals surface area (Å²) in [6.45, 7) is 6.24. The van der Waals surface area contributed by atoms with Gasteiger partial charge >= 0.3 is 0 Å². The van der Waals surface area contributed by atoms with E-state index in [1.807, 2.05) is 6.92 Å². The third kappa shape index (κ3) is 1.98. The molecule has 3 aliphatic heterocycles. The van der Waals surface area contributed by atoms with Crippen molar-refractivity contribution in [1.82, 2.24) is 4.90 Å². The van der Waals surface area contributed by atoms with Gasteiger partial charge in [0, 0.05) is 36.8 Å². The topological polar surface area (TPSA) is 82.4 Å². The molecular weight excluding hydrogens is 382 g/mol. The van der Waals surface area contributed by atoms with Crippen LogP contribution in [0.15, 0.2) is 23.3 Å². The summed E-state index contributed by atoms with van der Waals surface area (Å²) in [4.78, 5) is 2.27. The van der Waals surface area contributed by atoms with Gasteiger partial charge < -0.3 is 29.7 Å². The van der Waals surface area contributed by atoms with Gasteiger partial charge in [-0.25, -0.2) is 0 Å². The number of allylic oxidation sites excluding steroid dienone is 1. The van der Waals surface area contributed by atoms with Crippen LogP contribution in [0.25, 0.3) is 0 Å². The number of fused-ring (bicyclic) bond motifs is 1. The fraction of sp³-hybridized carbons (Fsp3) is 0.833. The number of nitrogens with zero attached hydrogens (tertiary/aromatic N) is 1. The Labute approximate surface area is 178 Å². The van der Waals surface area contributed by atoms with Crippen LogP contribution in [0.4, 0.5) is 0 Å². The van der Waals surface area contributed by atoms with E-state index in [1.54, 1.807) is 0 Å². The van der Waals surface area contributed by atoms with Crippen molar-refractivity contribution in [1.29, 1.82) is 0 Å². The number of aliphatic hydroxyl groups is 3. The molecule has 1 spiro atoms. The molecule has 3 unspecified atom stereocenters. The van der Waals surface area contributed by atoms with E-state index in [-0.39, 0.29) is 5.41 Å². The number of hydrogen-bond acceptors (Lipinski definition) is 6. The number of aliphatic hydroxyl groups excluding tert-OH is 2. The van der Waals surface area contributed by atoms with Gasteiger partial charge in [-0.05, 0) is 56.7 Å². The average molecular weight is 418 g/mol. The molecule has 2 saturated carbocycles. The van der Waals surface area contributed by atoms with Gasteiger partial charge in [0.1, 0.15) is 11.2 Å². The van der Waals surface area contributed by atoms with Crippen molar-refractivity contribution in [2.75, 3.05) is 26.7 Å². The summed E-state index contributed by atoms with van der Waals surface area (Å²) in [5.41, 5.74) is -0.252. The number of ether oxygens (including phenoxy) is 2. The minimum atomic E-state index is -1.17.